The molecule has 0 spiro atoms. The number of hydrogen-bond donors (Lipinski definition) is 0. The summed E-state index contributed by atoms with van der Waals surface area (Å²) in [6.07, 6.45) is 3.55. The zero-order valence-corrected chi connectivity index (χ0v) is 11.0. The van der Waals surface area contributed by atoms with Gasteiger partial charge in [0.2, 0.25) is 0 Å². The first-order valence-electron chi connectivity index (χ1n) is 6.40. The molecule has 2 nitrogen and oxygen atoms in total. The van der Waals surface area contributed by atoms with E-state index < -0.39 is 0 Å². The van der Waals surface area contributed by atoms with Gasteiger partial charge in [0.25, 0.3) is 0 Å². The van der Waals surface area contributed by atoms with Crippen LogP contribution in [0.4, 0.5) is 0 Å². The Kier molecular flexibility index (Phi) is 2.85. The van der Waals surface area contributed by atoms with Crippen LogP contribution in [-0.2, 0) is 0 Å². The zero-order valence-electron chi connectivity index (χ0n) is 11.0. The normalized spacial score (nSPS) is 34.0. The quantitative estimate of drug-likeness (QED) is 0.656. The molecule has 0 amide bonds. The second-order valence-electron chi connectivity index (χ2n) is 6.62. The highest BCUT2D eigenvalue weighted by Crippen LogP contribution is 2.37. The minimum absolute atomic E-state index is 0.353. The predicted octanol–water partition coefficient (Wildman–Crippen LogP) is 2.75. The van der Waals surface area contributed by atoms with Crippen molar-refractivity contribution < 1.29 is 0 Å². The van der Waals surface area contributed by atoms with Crippen LogP contribution in [0, 0.1) is 11.8 Å². The van der Waals surface area contributed by atoms with Crippen molar-refractivity contribution in [3.8, 4) is 0 Å². The molecule has 0 aromatic rings. The second kappa shape index (κ2) is 3.74. The van der Waals surface area contributed by atoms with Crippen LogP contribution in [0.3, 0.4) is 0 Å². The summed E-state index contributed by atoms with van der Waals surface area (Å²) in [5, 5.41) is 0. The minimum atomic E-state index is 0.353. The SMILES string of the molecule is CC(C)C1CCC2N(C1)CN2C(C)(C)C. The van der Waals surface area contributed by atoms with Gasteiger partial charge in [0, 0.05) is 12.1 Å². The molecule has 0 N–H and O–H groups in total. The lowest BCUT2D eigenvalue weighted by molar-refractivity contribution is -0.182. The van der Waals surface area contributed by atoms with E-state index in [-0.39, 0.29) is 0 Å². The third-order valence-corrected chi connectivity index (χ3v) is 4.18. The summed E-state index contributed by atoms with van der Waals surface area (Å²) < 4.78 is 0. The molecule has 2 heteroatoms. The van der Waals surface area contributed by atoms with E-state index in [2.05, 4.69) is 44.4 Å². The van der Waals surface area contributed by atoms with Gasteiger partial charge in [-0.15, -0.1) is 0 Å². The summed E-state index contributed by atoms with van der Waals surface area (Å²) in [5.41, 5.74) is 0.353. The van der Waals surface area contributed by atoms with Gasteiger partial charge >= 0.3 is 0 Å². The van der Waals surface area contributed by atoms with Crippen molar-refractivity contribution in [3.63, 3.8) is 0 Å². The first-order valence-corrected chi connectivity index (χ1v) is 6.40. The summed E-state index contributed by atoms with van der Waals surface area (Å²) >= 11 is 0. The number of fused-ring (bicyclic) bond motifs is 1. The van der Waals surface area contributed by atoms with E-state index in [1.54, 1.807) is 0 Å². The van der Waals surface area contributed by atoms with Gasteiger partial charge in [-0.05, 0) is 45.4 Å². The van der Waals surface area contributed by atoms with Crippen molar-refractivity contribution in [3.05, 3.63) is 0 Å². The van der Waals surface area contributed by atoms with Crippen molar-refractivity contribution in [2.24, 2.45) is 11.8 Å². The van der Waals surface area contributed by atoms with E-state index in [0.717, 1.165) is 18.0 Å². The Bertz CT molecular complexity index is 229. The molecule has 88 valence electrons. The standard InChI is InChI=1S/C13H26N2/c1-10(2)11-6-7-12-14(8-11)9-15(12)13(3,4)5/h10-12H,6-9H2,1-5H3. The molecule has 2 aliphatic heterocycles. The zero-order chi connectivity index (χ0) is 11.2. The topological polar surface area (TPSA) is 6.48 Å². The summed E-state index contributed by atoms with van der Waals surface area (Å²) in [7, 11) is 0. The molecule has 15 heavy (non-hydrogen) atoms. The molecule has 2 unspecified atom stereocenters. The third kappa shape index (κ3) is 2.07. The Balaban J connectivity index is 1.91. The Morgan fingerprint density at radius 1 is 1.13 bits per heavy atom. The van der Waals surface area contributed by atoms with Gasteiger partial charge in [-0.2, -0.15) is 0 Å². The van der Waals surface area contributed by atoms with Crippen LogP contribution < -0.4 is 0 Å². The highest BCUT2D eigenvalue weighted by atomic mass is 15.5. The molecule has 0 bridgehead atoms. The van der Waals surface area contributed by atoms with Crippen LogP contribution in [0.5, 0.6) is 0 Å². The maximum absolute atomic E-state index is 2.67. The molecular formula is C13H26N2. The summed E-state index contributed by atoms with van der Waals surface area (Å²) in [5.74, 6) is 1.79. The maximum Gasteiger partial charge on any atom is 0.0649 e. The number of rotatable bonds is 1. The summed E-state index contributed by atoms with van der Waals surface area (Å²) in [6, 6.07) is 0. The van der Waals surface area contributed by atoms with Gasteiger partial charge < -0.3 is 0 Å². The van der Waals surface area contributed by atoms with Gasteiger partial charge in [-0.25, -0.2) is 0 Å². The van der Waals surface area contributed by atoms with E-state index >= 15 is 0 Å². The van der Waals surface area contributed by atoms with Gasteiger partial charge in [0.1, 0.15) is 0 Å². The second-order valence-corrected chi connectivity index (χ2v) is 6.62. The molecule has 0 saturated carbocycles. The molecule has 2 heterocycles. The van der Waals surface area contributed by atoms with E-state index in [9.17, 15) is 0 Å². The lowest BCUT2D eigenvalue weighted by Gasteiger charge is -2.60. The molecule has 0 radical (unpaired) electrons. The first kappa shape index (κ1) is 11.4. The van der Waals surface area contributed by atoms with Crippen molar-refractivity contribution >= 4 is 0 Å². The molecule has 2 atom stereocenters. The molecule has 2 rings (SSSR count). The van der Waals surface area contributed by atoms with Crippen molar-refractivity contribution in [2.75, 3.05) is 13.2 Å². The Morgan fingerprint density at radius 3 is 2.27 bits per heavy atom. The lowest BCUT2D eigenvalue weighted by atomic mass is 9.84. The van der Waals surface area contributed by atoms with Crippen LogP contribution in [0.25, 0.3) is 0 Å². The van der Waals surface area contributed by atoms with E-state index in [4.69, 9.17) is 0 Å². The van der Waals surface area contributed by atoms with Crippen molar-refractivity contribution in [1.29, 1.82) is 0 Å². The van der Waals surface area contributed by atoms with Gasteiger partial charge in [-0.3, -0.25) is 9.80 Å². The number of nitrogens with zero attached hydrogens (tertiary/aromatic N) is 2. The van der Waals surface area contributed by atoms with Gasteiger partial charge in [-0.1, -0.05) is 13.8 Å². The molecule has 2 saturated heterocycles. The van der Waals surface area contributed by atoms with Gasteiger partial charge in [0.15, 0.2) is 0 Å². The summed E-state index contributed by atoms with van der Waals surface area (Å²) in [4.78, 5) is 5.31. The maximum atomic E-state index is 2.67. The van der Waals surface area contributed by atoms with E-state index in [1.807, 2.05) is 0 Å². The average Bonchev–Trinajstić information content (AvgIpc) is 2.03. The van der Waals surface area contributed by atoms with Crippen LogP contribution in [0.15, 0.2) is 0 Å². The van der Waals surface area contributed by atoms with E-state index in [1.165, 1.54) is 26.1 Å². The van der Waals surface area contributed by atoms with E-state index in [0.29, 0.717) is 5.54 Å². The first-order chi connectivity index (χ1) is 6.89. The minimum Gasteiger partial charge on any atom is -0.274 e. The lowest BCUT2D eigenvalue weighted by Crippen LogP contribution is -2.71. The Hall–Kier alpha value is -0.0800. The van der Waals surface area contributed by atoms with Gasteiger partial charge in [0.05, 0.1) is 12.8 Å². The average molecular weight is 210 g/mol. The Morgan fingerprint density at radius 2 is 1.80 bits per heavy atom. The fourth-order valence-electron chi connectivity index (χ4n) is 2.96. The molecule has 0 aliphatic carbocycles. The predicted molar refractivity (Wildman–Crippen MR) is 64.5 cm³/mol. The highest BCUT2D eigenvalue weighted by molar-refractivity contribution is 4.94. The number of hydrogen-bond acceptors (Lipinski definition) is 2. The third-order valence-electron chi connectivity index (χ3n) is 4.18. The molecule has 0 aromatic heterocycles. The van der Waals surface area contributed by atoms with Crippen LogP contribution in [0.2, 0.25) is 0 Å². The van der Waals surface area contributed by atoms with Crippen LogP contribution >= 0.6 is 0 Å². The number of piperidine rings is 1. The Labute approximate surface area is 94.6 Å². The summed E-state index contributed by atoms with van der Waals surface area (Å²) in [6.45, 7) is 14.3. The fraction of sp³-hybridized carbons (Fsp3) is 1.00. The molecule has 2 aliphatic rings. The molecule has 2 fully saturated rings. The van der Waals surface area contributed by atoms with Crippen LogP contribution in [0.1, 0.15) is 47.5 Å². The molecular weight excluding hydrogens is 184 g/mol. The largest absolute Gasteiger partial charge is 0.274 e. The monoisotopic (exact) mass is 210 g/mol. The smallest absolute Gasteiger partial charge is 0.0649 e. The fourth-order valence-corrected chi connectivity index (χ4v) is 2.96. The highest BCUT2D eigenvalue weighted by Gasteiger charge is 2.45. The van der Waals surface area contributed by atoms with Crippen molar-refractivity contribution in [1.82, 2.24) is 9.80 Å². The molecule has 0 aromatic carbocycles. The van der Waals surface area contributed by atoms with Crippen LogP contribution in [-0.4, -0.2) is 34.7 Å². The van der Waals surface area contributed by atoms with Crippen molar-refractivity contribution in [2.45, 2.75) is 59.2 Å².